The van der Waals surface area contributed by atoms with E-state index in [-0.39, 0.29) is 5.91 Å². The van der Waals surface area contributed by atoms with Crippen LogP contribution in [-0.2, 0) is 0 Å². The van der Waals surface area contributed by atoms with Crippen LogP contribution in [-0.4, -0.2) is 56.2 Å². The van der Waals surface area contributed by atoms with Gasteiger partial charge in [-0.3, -0.25) is 9.78 Å². The molecule has 1 aliphatic heterocycles. The summed E-state index contributed by atoms with van der Waals surface area (Å²) in [5, 5.41) is 6.11. The lowest BCUT2D eigenvalue weighted by Gasteiger charge is -2.19. The number of likely N-dealkylation sites (N-methyl/N-ethyl adjacent to an activating group) is 1. The molecule has 7 nitrogen and oxygen atoms in total. The zero-order valence-corrected chi connectivity index (χ0v) is 14.4. The maximum absolute atomic E-state index is 12.5. The summed E-state index contributed by atoms with van der Waals surface area (Å²) >= 11 is 0. The molecule has 132 valence electrons. The van der Waals surface area contributed by atoms with Gasteiger partial charge in [0, 0.05) is 37.2 Å². The number of rotatable bonds is 6. The van der Waals surface area contributed by atoms with Crippen molar-refractivity contribution in [2.75, 3.05) is 51.0 Å². The van der Waals surface area contributed by atoms with Crippen molar-refractivity contribution in [1.29, 1.82) is 0 Å². The van der Waals surface area contributed by atoms with Gasteiger partial charge in [0.25, 0.3) is 5.91 Å². The Morgan fingerprint density at radius 3 is 2.72 bits per heavy atom. The number of aromatic nitrogens is 1. The Morgan fingerprint density at radius 1 is 1.12 bits per heavy atom. The third kappa shape index (κ3) is 4.60. The van der Waals surface area contributed by atoms with Gasteiger partial charge >= 0.3 is 0 Å². The molecular formula is C18H22N4O3. The Kier molecular flexibility index (Phi) is 5.35. The molecule has 25 heavy (non-hydrogen) atoms. The minimum Gasteiger partial charge on any atom is -0.486 e. The summed E-state index contributed by atoms with van der Waals surface area (Å²) < 4.78 is 11.0. The molecule has 2 heterocycles. The predicted octanol–water partition coefficient (Wildman–Crippen LogP) is 2.08. The number of hydrogen-bond acceptors (Lipinski definition) is 6. The number of anilines is 2. The minimum absolute atomic E-state index is 0.222. The van der Waals surface area contributed by atoms with E-state index in [2.05, 4.69) is 20.5 Å². The van der Waals surface area contributed by atoms with E-state index in [4.69, 9.17) is 9.47 Å². The fourth-order valence-electron chi connectivity index (χ4n) is 2.41. The molecule has 0 unspecified atom stereocenters. The van der Waals surface area contributed by atoms with Gasteiger partial charge in [0.2, 0.25) is 0 Å². The molecule has 1 aromatic carbocycles. The molecule has 0 aliphatic carbocycles. The van der Waals surface area contributed by atoms with Crippen LogP contribution < -0.4 is 20.1 Å². The first-order valence-corrected chi connectivity index (χ1v) is 8.16. The first-order chi connectivity index (χ1) is 12.1. The van der Waals surface area contributed by atoms with Gasteiger partial charge in [-0.05, 0) is 32.3 Å². The van der Waals surface area contributed by atoms with Crippen LogP contribution in [0.15, 0.2) is 36.7 Å². The van der Waals surface area contributed by atoms with Gasteiger partial charge in [0.05, 0.1) is 11.3 Å². The van der Waals surface area contributed by atoms with Crippen LogP contribution in [0.2, 0.25) is 0 Å². The number of nitrogens with one attached hydrogen (secondary N) is 2. The molecule has 0 radical (unpaired) electrons. The number of amides is 1. The number of hydrogen-bond donors (Lipinski definition) is 2. The maximum atomic E-state index is 12.5. The van der Waals surface area contributed by atoms with Crippen molar-refractivity contribution in [3.05, 3.63) is 42.2 Å². The van der Waals surface area contributed by atoms with Gasteiger partial charge in [0.1, 0.15) is 13.2 Å². The highest BCUT2D eigenvalue weighted by atomic mass is 16.6. The van der Waals surface area contributed by atoms with Crippen molar-refractivity contribution < 1.29 is 14.3 Å². The lowest BCUT2D eigenvalue weighted by atomic mass is 10.2. The van der Waals surface area contributed by atoms with Gasteiger partial charge in [-0.1, -0.05) is 0 Å². The van der Waals surface area contributed by atoms with Crippen molar-refractivity contribution in [1.82, 2.24) is 9.88 Å². The zero-order chi connectivity index (χ0) is 17.6. The monoisotopic (exact) mass is 342 g/mol. The number of carbonyl (C=O) groups is 1. The largest absolute Gasteiger partial charge is 0.486 e. The van der Waals surface area contributed by atoms with Gasteiger partial charge in [-0.2, -0.15) is 0 Å². The van der Waals surface area contributed by atoms with Crippen molar-refractivity contribution in [2.24, 2.45) is 0 Å². The highest BCUT2D eigenvalue weighted by molar-refractivity contribution is 6.04. The second-order valence-electron chi connectivity index (χ2n) is 6.00. The SMILES string of the molecule is CN(C)CCNc1cncc(C(=O)Nc2ccc3c(c2)OCCO3)c1. The van der Waals surface area contributed by atoms with Gasteiger partial charge in [0.15, 0.2) is 11.5 Å². The van der Waals surface area contributed by atoms with Crippen LogP contribution in [0.5, 0.6) is 11.5 Å². The molecular weight excluding hydrogens is 320 g/mol. The molecule has 1 aliphatic rings. The fraction of sp³-hybridized carbons (Fsp3) is 0.333. The summed E-state index contributed by atoms with van der Waals surface area (Å²) in [6.45, 7) is 2.72. The van der Waals surface area contributed by atoms with Crippen molar-refractivity contribution in [3.8, 4) is 11.5 Å². The third-order valence-corrected chi connectivity index (χ3v) is 3.69. The molecule has 2 N–H and O–H groups in total. The average Bonchev–Trinajstić information content (AvgIpc) is 2.61. The van der Waals surface area contributed by atoms with Crippen LogP contribution in [0.4, 0.5) is 11.4 Å². The minimum atomic E-state index is -0.222. The molecule has 1 amide bonds. The lowest BCUT2D eigenvalue weighted by Crippen LogP contribution is -2.21. The molecule has 1 aromatic heterocycles. The standard InChI is InChI=1S/C18H22N4O3/c1-22(2)6-5-20-15-9-13(11-19-12-15)18(23)21-14-3-4-16-17(10-14)25-8-7-24-16/h3-4,9-12,20H,5-8H2,1-2H3,(H,21,23). The summed E-state index contributed by atoms with van der Waals surface area (Å²) in [5.41, 5.74) is 1.96. The summed E-state index contributed by atoms with van der Waals surface area (Å²) in [6.07, 6.45) is 3.25. The molecule has 0 saturated carbocycles. The molecule has 0 atom stereocenters. The molecule has 0 bridgehead atoms. The van der Waals surface area contributed by atoms with E-state index in [1.165, 1.54) is 0 Å². The van der Waals surface area contributed by atoms with Gasteiger partial charge < -0.3 is 25.0 Å². The second-order valence-corrected chi connectivity index (χ2v) is 6.00. The Hall–Kier alpha value is -2.80. The molecule has 7 heteroatoms. The predicted molar refractivity (Wildman–Crippen MR) is 96.7 cm³/mol. The van der Waals surface area contributed by atoms with Crippen LogP contribution >= 0.6 is 0 Å². The molecule has 2 aromatic rings. The van der Waals surface area contributed by atoms with E-state index < -0.39 is 0 Å². The molecule has 0 fully saturated rings. The normalized spacial score (nSPS) is 12.8. The first kappa shape index (κ1) is 17.0. The van der Waals surface area contributed by atoms with E-state index in [9.17, 15) is 4.79 Å². The van der Waals surface area contributed by atoms with Crippen LogP contribution in [0.1, 0.15) is 10.4 Å². The van der Waals surface area contributed by atoms with Crippen LogP contribution in [0, 0.1) is 0 Å². The third-order valence-electron chi connectivity index (χ3n) is 3.69. The maximum Gasteiger partial charge on any atom is 0.257 e. The number of fused-ring (bicyclic) bond motifs is 1. The number of carbonyl (C=O) groups excluding carboxylic acids is 1. The number of ether oxygens (including phenoxy) is 2. The summed E-state index contributed by atoms with van der Waals surface area (Å²) in [6, 6.07) is 7.13. The number of nitrogens with zero attached hydrogens (tertiary/aromatic N) is 2. The van der Waals surface area contributed by atoms with Crippen LogP contribution in [0.25, 0.3) is 0 Å². The molecule has 3 rings (SSSR count). The lowest BCUT2D eigenvalue weighted by molar-refractivity contribution is 0.102. The quantitative estimate of drug-likeness (QED) is 0.837. The Bertz CT molecular complexity index is 749. The van der Waals surface area contributed by atoms with Crippen molar-refractivity contribution in [3.63, 3.8) is 0 Å². The summed E-state index contributed by atoms with van der Waals surface area (Å²) in [4.78, 5) is 18.7. The first-order valence-electron chi connectivity index (χ1n) is 8.16. The Balaban J connectivity index is 1.65. The Labute approximate surface area is 147 Å². The fourth-order valence-corrected chi connectivity index (χ4v) is 2.41. The van der Waals surface area contributed by atoms with E-state index in [0.717, 1.165) is 18.8 Å². The highest BCUT2D eigenvalue weighted by Crippen LogP contribution is 2.32. The van der Waals surface area contributed by atoms with Crippen molar-refractivity contribution in [2.45, 2.75) is 0 Å². The summed E-state index contributed by atoms with van der Waals surface area (Å²) in [7, 11) is 4.02. The van der Waals surface area contributed by atoms with E-state index in [1.807, 2.05) is 14.1 Å². The van der Waals surface area contributed by atoms with E-state index >= 15 is 0 Å². The Morgan fingerprint density at radius 2 is 1.92 bits per heavy atom. The van der Waals surface area contributed by atoms with Gasteiger partial charge in [-0.25, -0.2) is 0 Å². The van der Waals surface area contributed by atoms with E-state index in [1.54, 1.807) is 36.7 Å². The zero-order valence-electron chi connectivity index (χ0n) is 14.4. The molecule has 0 saturated heterocycles. The topological polar surface area (TPSA) is 75.7 Å². The van der Waals surface area contributed by atoms with Crippen molar-refractivity contribution >= 4 is 17.3 Å². The number of pyridine rings is 1. The summed E-state index contributed by atoms with van der Waals surface area (Å²) in [5.74, 6) is 1.11. The van der Waals surface area contributed by atoms with Crippen LogP contribution in [0.3, 0.4) is 0 Å². The smallest absolute Gasteiger partial charge is 0.257 e. The second kappa shape index (κ2) is 7.85. The average molecular weight is 342 g/mol. The molecule has 0 spiro atoms. The number of benzene rings is 1. The van der Waals surface area contributed by atoms with E-state index in [0.29, 0.717) is 36.0 Å². The highest BCUT2D eigenvalue weighted by Gasteiger charge is 2.13. The van der Waals surface area contributed by atoms with Gasteiger partial charge in [-0.15, -0.1) is 0 Å².